The Kier molecular flexibility index (Phi) is 4.61. The van der Waals surface area contributed by atoms with Gasteiger partial charge in [-0.2, -0.15) is 0 Å². The molecule has 0 N–H and O–H groups in total. The average molecular weight is 522 g/mol. The Bertz CT molecular complexity index is 2470. The highest BCUT2D eigenvalue weighted by Gasteiger charge is 2.20. The van der Waals surface area contributed by atoms with Crippen LogP contribution in [0.5, 0.6) is 0 Å². The van der Waals surface area contributed by atoms with Crippen LogP contribution in [0.1, 0.15) is 0 Å². The van der Waals surface area contributed by atoms with E-state index < -0.39 is 0 Å². The summed E-state index contributed by atoms with van der Waals surface area (Å²) in [6.07, 6.45) is 0. The van der Waals surface area contributed by atoms with Gasteiger partial charge < -0.3 is 0 Å². The fourth-order valence-corrected chi connectivity index (χ4v) is 6.55. The van der Waals surface area contributed by atoms with Gasteiger partial charge >= 0.3 is 0 Å². The number of fused-ring (bicyclic) bond motifs is 10. The molecule has 0 fully saturated rings. The van der Waals surface area contributed by atoms with Crippen molar-refractivity contribution in [1.82, 2.24) is 14.5 Å². The second kappa shape index (κ2) is 8.48. The van der Waals surface area contributed by atoms with Crippen molar-refractivity contribution in [3.8, 4) is 17.2 Å². The van der Waals surface area contributed by atoms with Crippen molar-refractivity contribution in [3.05, 3.63) is 140 Å². The fourth-order valence-electron chi connectivity index (χ4n) is 6.55. The Morgan fingerprint density at radius 2 is 1.07 bits per heavy atom. The predicted molar refractivity (Wildman–Crippen MR) is 172 cm³/mol. The molecule has 9 aromatic rings. The molecule has 0 spiro atoms. The van der Waals surface area contributed by atoms with Crippen LogP contribution in [0.4, 0.5) is 0 Å². The number of hydrogen-bond donors (Lipinski definition) is 0. The molecule has 0 atom stereocenters. The molecule has 0 unspecified atom stereocenters. The van der Waals surface area contributed by atoms with Crippen molar-refractivity contribution >= 4 is 65.0 Å². The zero-order valence-corrected chi connectivity index (χ0v) is 22.1. The monoisotopic (exact) mass is 521 g/mol. The summed E-state index contributed by atoms with van der Waals surface area (Å²) in [6, 6.07) is 49.5. The summed E-state index contributed by atoms with van der Waals surface area (Å²) in [4.78, 5) is 10.5. The van der Waals surface area contributed by atoms with Crippen LogP contribution in [0.2, 0.25) is 0 Å². The molecular formula is C38H23N3. The SMILES string of the molecule is c1ccc(-c2nc(-n3c4ccccc4c4ccc5ccc6c7ccccc7ccc6c5c43)nc3ccccc23)cc1. The Morgan fingerprint density at radius 3 is 1.95 bits per heavy atom. The molecule has 0 aliphatic carbocycles. The molecule has 3 heteroatoms. The normalized spacial score (nSPS) is 11.9. The van der Waals surface area contributed by atoms with Crippen LogP contribution in [0.15, 0.2) is 140 Å². The first-order valence-corrected chi connectivity index (χ1v) is 13.9. The molecule has 0 amide bonds. The topological polar surface area (TPSA) is 30.7 Å². The van der Waals surface area contributed by atoms with Crippen LogP contribution in [0, 0.1) is 0 Å². The molecule has 0 aliphatic rings. The van der Waals surface area contributed by atoms with E-state index in [1.807, 2.05) is 12.1 Å². The third-order valence-electron chi connectivity index (χ3n) is 8.38. The third-order valence-corrected chi connectivity index (χ3v) is 8.38. The Balaban J connectivity index is 1.49. The molecule has 0 saturated heterocycles. The van der Waals surface area contributed by atoms with Gasteiger partial charge in [-0.3, -0.25) is 4.57 Å². The highest BCUT2D eigenvalue weighted by molar-refractivity contribution is 6.28. The lowest BCUT2D eigenvalue weighted by Crippen LogP contribution is -2.03. The number of rotatable bonds is 2. The zero-order valence-electron chi connectivity index (χ0n) is 22.1. The Morgan fingerprint density at radius 1 is 0.415 bits per heavy atom. The van der Waals surface area contributed by atoms with E-state index in [4.69, 9.17) is 9.97 Å². The maximum Gasteiger partial charge on any atom is 0.235 e. The van der Waals surface area contributed by atoms with E-state index in [1.54, 1.807) is 0 Å². The fraction of sp³-hybridized carbons (Fsp3) is 0. The minimum Gasteiger partial charge on any atom is -0.277 e. The van der Waals surface area contributed by atoms with E-state index in [2.05, 4.69) is 132 Å². The average Bonchev–Trinajstić information content (AvgIpc) is 3.39. The minimum absolute atomic E-state index is 0.680. The second-order valence-corrected chi connectivity index (χ2v) is 10.6. The van der Waals surface area contributed by atoms with Crippen LogP contribution in [0.3, 0.4) is 0 Å². The van der Waals surface area contributed by atoms with Gasteiger partial charge in [0.1, 0.15) is 0 Å². The largest absolute Gasteiger partial charge is 0.277 e. The maximum absolute atomic E-state index is 5.30. The van der Waals surface area contributed by atoms with E-state index >= 15 is 0 Å². The number of para-hydroxylation sites is 2. The van der Waals surface area contributed by atoms with Gasteiger partial charge in [-0.1, -0.05) is 127 Å². The van der Waals surface area contributed by atoms with Gasteiger partial charge in [-0.25, -0.2) is 9.97 Å². The van der Waals surface area contributed by atoms with Crippen molar-refractivity contribution < 1.29 is 0 Å². The summed E-state index contributed by atoms with van der Waals surface area (Å²) >= 11 is 0. The molecule has 2 heterocycles. The Hall–Kier alpha value is -5.54. The van der Waals surface area contributed by atoms with Gasteiger partial charge in [0.05, 0.1) is 22.2 Å². The van der Waals surface area contributed by atoms with Gasteiger partial charge in [-0.15, -0.1) is 0 Å². The first kappa shape index (κ1) is 22.3. The number of aromatic nitrogens is 3. The van der Waals surface area contributed by atoms with E-state index in [0.717, 1.165) is 33.2 Å². The standard InChI is InChI=1S/C38H23N3/c1-2-11-26(12-3-1)36-32-15-6-8-16-33(32)39-38(40-36)41-34-17-9-7-14-29(34)31-23-20-25-19-21-28-27-13-5-4-10-24(27)18-22-30(28)35(25)37(31)41/h1-23H. The summed E-state index contributed by atoms with van der Waals surface area (Å²) < 4.78 is 2.28. The van der Waals surface area contributed by atoms with Crippen molar-refractivity contribution in [2.45, 2.75) is 0 Å². The Labute approximate surface area is 235 Å². The minimum atomic E-state index is 0.680. The van der Waals surface area contributed by atoms with Crippen LogP contribution >= 0.6 is 0 Å². The van der Waals surface area contributed by atoms with Crippen LogP contribution < -0.4 is 0 Å². The summed E-state index contributed by atoms with van der Waals surface area (Å²) in [6.45, 7) is 0. The van der Waals surface area contributed by atoms with Crippen molar-refractivity contribution in [3.63, 3.8) is 0 Å². The van der Waals surface area contributed by atoms with Crippen molar-refractivity contribution in [2.24, 2.45) is 0 Å². The summed E-state index contributed by atoms with van der Waals surface area (Å²) in [5.41, 5.74) is 5.18. The summed E-state index contributed by atoms with van der Waals surface area (Å²) in [5, 5.41) is 10.9. The lowest BCUT2D eigenvalue weighted by molar-refractivity contribution is 1.02. The molecule has 7 aromatic carbocycles. The first-order chi connectivity index (χ1) is 20.3. The van der Waals surface area contributed by atoms with E-state index in [-0.39, 0.29) is 0 Å². The number of nitrogens with zero attached hydrogens (tertiary/aromatic N) is 3. The van der Waals surface area contributed by atoms with Gasteiger partial charge in [0.25, 0.3) is 0 Å². The maximum atomic E-state index is 5.30. The number of benzene rings is 7. The first-order valence-electron chi connectivity index (χ1n) is 13.9. The van der Waals surface area contributed by atoms with Crippen LogP contribution in [-0.2, 0) is 0 Å². The zero-order chi connectivity index (χ0) is 26.9. The van der Waals surface area contributed by atoms with Crippen LogP contribution in [0.25, 0.3) is 82.2 Å². The van der Waals surface area contributed by atoms with Crippen molar-refractivity contribution in [1.29, 1.82) is 0 Å². The summed E-state index contributed by atoms with van der Waals surface area (Å²) in [7, 11) is 0. The predicted octanol–water partition coefficient (Wildman–Crippen LogP) is 9.85. The third kappa shape index (κ3) is 3.20. The van der Waals surface area contributed by atoms with Gasteiger partial charge in [0.2, 0.25) is 5.95 Å². The highest BCUT2D eigenvalue weighted by Crippen LogP contribution is 2.41. The molecule has 3 nitrogen and oxygen atoms in total. The molecule has 2 aromatic heterocycles. The van der Waals surface area contributed by atoms with Gasteiger partial charge in [-0.05, 0) is 39.1 Å². The smallest absolute Gasteiger partial charge is 0.235 e. The van der Waals surface area contributed by atoms with Crippen molar-refractivity contribution in [2.75, 3.05) is 0 Å². The molecule has 190 valence electrons. The molecule has 0 bridgehead atoms. The molecule has 0 radical (unpaired) electrons. The van der Waals surface area contributed by atoms with E-state index in [0.29, 0.717) is 5.95 Å². The molecule has 41 heavy (non-hydrogen) atoms. The lowest BCUT2D eigenvalue weighted by Gasteiger charge is -2.14. The van der Waals surface area contributed by atoms with E-state index in [1.165, 1.54) is 43.1 Å². The van der Waals surface area contributed by atoms with E-state index in [9.17, 15) is 0 Å². The number of hydrogen-bond acceptors (Lipinski definition) is 2. The molecule has 0 aliphatic heterocycles. The van der Waals surface area contributed by atoms with Gasteiger partial charge in [0, 0.05) is 27.1 Å². The molecule has 0 saturated carbocycles. The van der Waals surface area contributed by atoms with Gasteiger partial charge in [0.15, 0.2) is 0 Å². The second-order valence-electron chi connectivity index (χ2n) is 10.6. The quantitative estimate of drug-likeness (QED) is 0.212. The highest BCUT2D eigenvalue weighted by atomic mass is 15.2. The lowest BCUT2D eigenvalue weighted by atomic mass is 9.95. The summed E-state index contributed by atoms with van der Waals surface area (Å²) in [5.74, 6) is 0.680. The van der Waals surface area contributed by atoms with Crippen LogP contribution in [-0.4, -0.2) is 14.5 Å². The molecule has 9 rings (SSSR count). The molecular weight excluding hydrogens is 498 g/mol.